The van der Waals surface area contributed by atoms with E-state index in [0.717, 1.165) is 5.56 Å². The van der Waals surface area contributed by atoms with Crippen LogP contribution in [-0.2, 0) is 35.2 Å². The van der Waals surface area contributed by atoms with E-state index in [1.165, 1.54) is 23.5 Å². The molecule has 0 spiro atoms. The molecule has 1 aromatic carbocycles. The number of nitrogens with zero attached hydrogens (tertiary/aromatic N) is 3. The summed E-state index contributed by atoms with van der Waals surface area (Å²) in [6.45, 7) is 9.36. The number of benzene rings is 1. The summed E-state index contributed by atoms with van der Waals surface area (Å²) < 4.78 is 0. The number of carbonyl (C=O) groups is 7. The monoisotopic (exact) mass is 728 g/mol. The molecule has 2 aromatic rings. The third-order valence-electron chi connectivity index (χ3n) is 10.6. The van der Waals surface area contributed by atoms with Crippen molar-refractivity contribution >= 4 is 40.9 Å². The zero-order valence-electron chi connectivity index (χ0n) is 31.3. The number of carbonyl (C=O) groups excluding carboxylic acids is 6. The molecule has 1 fully saturated rings. The second kappa shape index (κ2) is 18.8. The van der Waals surface area contributed by atoms with Crippen LogP contribution in [0.3, 0.4) is 0 Å². The third-order valence-corrected chi connectivity index (χ3v) is 10.6. The second-order valence-electron chi connectivity index (χ2n) is 15.1. The van der Waals surface area contributed by atoms with E-state index in [0.29, 0.717) is 12.8 Å². The molecule has 1 aliphatic carbocycles. The van der Waals surface area contributed by atoms with Crippen molar-refractivity contribution in [2.45, 2.75) is 91.6 Å². The molecule has 0 saturated carbocycles. The highest BCUT2D eigenvalue weighted by atomic mass is 16.4. The number of carboxylic acid groups (broad SMARTS) is 1. The normalized spacial score (nSPS) is 20.1. The second-order valence-corrected chi connectivity index (χ2v) is 15.1. The van der Waals surface area contributed by atoms with E-state index in [1.807, 2.05) is 32.9 Å². The number of ketones is 4. The van der Waals surface area contributed by atoms with Gasteiger partial charge in [0.15, 0.2) is 17.3 Å². The Morgan fingerprint density at radius 3 is 2.25 bits per heavy atom. The highest BCUT2D eigenvalue weighted by molar-refractivity contribution is 6.38. The third kappa shape index (κ3) is 10.4. The van der Waals surface area contributed by atoms with Crippen LogP contribution < -0.4 is 5.32 Å². The maximum absolute atomic E-state index is 14.4. The summed E-state index contributed by atoms with van der Waals surface area (Å²) in [6.07, 6.45) is 8.76. The molecule has 53 heavy (non-hydrogen) atoms. The van der Waals surface area contributed by atoms with Crippen molar-refractivity contribution in [3.63, 3.8) is 0 Å². The van der Waals surface area contributed by atoms with Crippen molar-refractivity contribution in [1.82, 2.24) is 20.2 Å². The quantitative estimate of drug-likeness (QED) is 0.110. The molecule has 12 nitrogen and oxygen atoms in total. The maximum Gasteiger partial charge on any atom is 0.307 e. The molecular formula is C41H52N4O8. The van der Waals surface area contributed by atoms with Crippen molar-refractivity contribution < 1.29 is 38.7 Å². The van der Waals surface area contributed by atoms with Crippen molar-refractivity contribution in [3.8, 4) is 0 Å². The fourth-order valence-corrected chi connectivity index (χ4v) is 7.57. The van der Waals surface area contributed by atoms with Crippen LogP contribution in [0.5, 0.6) is 0 Å². The Kier molecular flexibility index (Phi) is 14.5. The van der Waals surface area contributed by atoms with Crippen molar-refractivity contribution in [2.24, 2.45) is 41.4 Å². The fraction of sp³-hybridized carbons (Fsp3) is 0.537. The molecule has 2 amide bonds. The summed E-state index contributed by atoms with van der Waals surface area (Å²) in [7, 11) is 0. The van der Waals surface area contributed by atoms with E-state index in [9.17, 15) is 38.7 Å². The Balaban J connectivity index is 1.50. The van der Waals surface area contributed by atoms with E-state index >= 15 is 0 Å². The molecule has 0 radical (unpaired) electrons. The van der Waals surface area contributed by atoms with Crippen molar-refractivity contribution in [3.05, 3.63) is 72.3 Å². The minimum absolute atomic E-state index is 0.0827. The zero-order valence-corrected chi connectivity index (χ0v) is 31.3. The summed E-state index contributed by atoms with van der Waals surface area (Å²) in [5.74, 6) is -7.98. The van der Waals surface area contributed by atoms with Gasteiger partial charge in [0, 0.05) is 50.0 Å². The van der Waals surface area contributed by atoms with Crippen LogP contribution in [0.25, 0.3) is 0 Å². The Morgan fingerprint density at radius 2 is 1.64 bits per heavy atom. The summed E-state index contributed by atoms with van der Waals surface area (Å²) in [4.78, 5) is 104. The van der Waals surface area contributed by atoms with Crippen LogP contribution in [0.2, 0.25) is 0 Å². The van der Waals surface area contributed by atoms with E-state index < -0.39 is 65.6 Å². The number of hydrogen-bond donors (Lipinski definition) is 2. The molecule has 1 aromatic heterocycles. The van der Waals surface area contributed by atoms with Gasteiger partial charge in [-0.15, -0.1) is 0 Å². The molecule has 284 valence electrons. The topological polar surface area (TPSA) is 181 Å². The van der Waals surface area contributed by atoms with Crippen LogP contribution in [0.15, 0.2) is 61.1 Å². The van der Waals surface area contributed by atoms with Crippen LogP contribution >= 0.6 is 0 Å². The fourth-order valence-electron chi connectivity index (χ4n) is 7.57. The average molecular weight is 729 g/mol. The average Bonchev–Trinajstić information content (AvgIpc) is 3.74. The Labute approximate surface area is 311 Å². The van der Waals surface area contributed by atoms with Gasteiger partial charge in [-0.05, 0) is 48.5 Å². The van der Waals surface area contributed by atoms with Gasteiger partial charge in [0.2, 0.25) is 17.6 Å². The lowest BCUT2D eigenvalue weighted by atomic mass is 9.82. The molecule has 0 bridgehead atoms. The lowest BCUT2D eigenvalue weighted by Gasteiger charge is -2.33. The lowest BCUT2D eigenvalue weighted by Crippen LogP contribution is -2.56. The first-order valence-electron chi connectivity index (χ1n) is 18.7. The number of Topliss-reactive ketones (excluding diaryl/α,β-unsaturated/α-hetero) is 4. The number of allylic oxidation sites excluding steroid dienone is 1. The van der Waals surface area contributed by atoms with Gasteiger partial charge in [-0.1, -0.05) is 83.5 Å². The molecule has 7 atom stereocenters. The Morgan fingerprint density at radius 1 is 0.925 bits per heavy atom. The molecule has 2 N–H and O–H groups in total. The predicted octanol–water partition coefficient (Wildman–Crippen LogP) is 4.71. The van der Waals surface area contributed by atoms with Gasteiger partial charge in [0.25, 0.3) is 0 Å². The number of fused-ring (bicyclic) bond motifs is 1. The number of aromatic nitrogens is 2. The number of aliphatic carboxylic acids is 1. The number of likely N-dealkylation sites (tertiary alicyclic amines) is 1. The molecule has 1 aliphatic heterocycles. The maximum atomic E-state index is 14.4. The first kappa shape index (κ1) is 40.9. The molecule has 2 aliphatic rings. The number of carboxylic acids is 1. The van der Waals surface area contributed by atoms with Gasteiger partial charge in [-0.2, -0.15) is 0 Å². The molecular weight excluding hydrogens is 676 g/mol. The van der Waals surface area contributed by atoms with Gasteiger partial charge < -0.3 is 15.3 Å². The van der Waals surface area contributed by atoms with Gasteiger partial charge >= 0.3 is 5.97 Å². The zero-order chi connectivity index (χ0) is 38.8. The van der Waals surface area contributed by atoms with Crippen LogP contribution in [0.1, 0.15) is 89.2 Å². The largest absolute Gasteiger partial charge is 0.481 e. The first-order valence-corrected chi connectivity index (χ1v) is 18.7. The van der Waals surface area contributed by atoms with E-state index in [-0.39, 0.29) is 73.2 Å². The smallest absolute Gasteiger partial charge is 0.307 e. The predicted molar refractivity (Wildman–Crippen MR) is 196 cm³/mol. The molecule has 4 rings (SSSR count). The van der Waals surface area contributed by atoms with E-state index in [4.69, 9.17) is 0 Å². The summed E-state index contributed by atoms with van der Waals surface area (Å²) >= 11 is 0. The molecule has 12 heteroatoms. The van der Waals surface area contributed by atoms with Crippen molar-refractivity contribution in [1.29, 1.82) is 0 Å². The Bertz CT molecular complexity index is 1670. The lowest BCUT2D eigenvalue weighted by molar-refractivity contribution is -0.147. The van der Waals surface area contributed by atoms with E-state index in [1.54, 1.807) is 44.2 Å². The van der Waals surface area contributed by atoms with Crippen LogP contribution in [0.4, 0.5) is 0 Å². The molecule has 2 heterocycles. The summed E-state index contributed by atoms with van der Waals surface area (Å²) in [5, 5.41) is 12.7. The van der Waals surface area contributed by atoms with Crippen molar-refractivity contribution in [2.75, 3.05) is 6.54 Å². The molecule has 1 unspecified atom stereocenters. The number of amides is 2. The highest BCUT2D eigenvalue weighted by Crippen LogP contribution is 2.40. The van der Waals surface area contributed by atoms with Gasteiger partial charge in [-0.3, -0.25) is 38.5 Å². The number of rotatable bonds is 20. The first-order chi connectivity index (χ1) is 25.2. The number of hydrogen-bond acceptors (Lipinski definition) is 9. The summed E-state index contributed by atoms with van der Waals surface area (Å²) in [6, 6.07) is 7.03. The highest BCUT2D eigenvalue weighted by Gasteiger charge is 2.50. The standard InChI is InChI=1S/C41H52N4O8/c1-6-11-27(38(49)35(48)20-29(41(52)53)18-26-12-8-7-9-13-26)19-34(47)37-30-15-10-14-28(30)23-45(37)40(51)36(25(4)5)44-39(50)31(24(2)3)21-33(46)32-22-42-16-17-43-32/h7-10,12-14,16-17,22,24-25,27-31,36-37H,6,11,15,18-21,23H2,1-5H3,(H,44,50)(H,52,53)/t27?,28-,29+,30-,31+,36-,37-/m0/s1. The van der Waals surface area contributed by atoms with Crippen LogP contribution in [-0.4, -0.2) is 79.5 Å². The molecule has 1 saturated heterocycles. The van der Waals surface area contributed by atoms with E-state index in [2.05, 4.69) is 15.3 Å². The minimum Gasteiger partial charge on any atom is -0.481 e. The minimum atomic E-state index is -1.18. The number of nitrogens with one attached hydrogen (secondary N) is 1. The summed E-state index contributed by atoms with van der Waals surface area (Å²) in [5.41, 5.74) is 0.883. The van der Waals surface area contributed by atoms with Gasteiger partial charge in [0.1, 0.15) is 11.7 Å². The van der Waals surface area contributed by atoms with Crippen LogP contribution in [0, 0.1) is 41.4 Å². The Hall–Kier alpha value is -4.87. The van der Waals surface area contributed by atoms with Gasteiger partial charge in [-0.25, -0.2) is 4.98 Å². The SMILES string of the molecule is CCCC(CC(=O)[C@@H]1[C@H]2CC=C[C@H]2CN1C(=O)[C@@H](NC(=O)[C@H](CC(=O)c1cnccn1)C(C)C)C(C)C)C(=O)C(=O)C[C@@H](Cc1ccccc1)C(=O)O. The van der Waals surface area contributed by atoms with Gasteiger partial charge in [0.05, 0.1) is 18.2 Å².